The quantitative estimate of drug-likeness (QED) is 0.525. The van der Waals surface area contributed by atoms with E-state index in [0.717, 1.165) is 12.8 Å². The van der Waals surface area contributed by atoms with E-state index in [0.29, 0.717) is 0 Å². The van der Waals surface area contributed by atoms with Gasteiger partial charge in [-0.05, 0) is 0 Å². The van der Waals surface area contributed by atoms with Crippen molar-refractivity contribution in [2.24, 2.45) is 0 Å². The van der Waals surface area contributed by atoms with Crippen LogP contribution < -0.4 is 17.0 Å². The molecule has 1 rings (SSSR count). The second-order valence-corrected chi connectivity index (χ2v) is 3.31. The molecule has 0 bridgehead atoms. The van der Waals surface area contributed by atoms with Crippen LogP contribution in [0.2, 0.25) is 0 Å². The van der Waals surface area contributed by atoms with Crippen LogP contribution in [0.4, 0.5) is 0 Å². The molecule has 0 aromatic heterocycles. The smallest absolute Gasteiger partial charge is 1.00 e. The summed E-state index contributed by atoms with van der Waals surface area (Å²) in [5.74, 6) is 0. The third-order valence-electron chi connectivity index (χ3n) is 1.91. The van der Waals surface area contributed by atoms with E-state index in [4.69, 9.17) is 0 Å². The molecule has 0 unspecified atom stereocenters. The molecule has 0 atom stereocenters. The second kappa shape index (κ2) is 12.0. The Labute approximate surface area is 146 Å². The van der Waals surface area contributed by atoms with E-state index in [-0.39, 0.29) is 72.7 Å². The predicted molar refractivity (Wildman–Crippen MR) is 58.8 cm³/mol. The fourth-order valence-corrected chi connectivity index (χ4v) is 1.45. The Bertz CT molecular complexity index is 244. The number of rotatable bonds is 3. The van der Waals surface area contributed by atoms with Crippen LogP contribution in [-0.2, 0) is 39.1 Å². The maximum atomic E-state index is 3.84. The molecule has 77 valence electrons. The maximum absolute atomic E-state index is 3.84. The molecule has 1 aromatic carbocycles. The average molecular weight is 353 g/mol. The zero-order valence-electron chi connectivity index (χ0n) is 9.65. The van der Waals surface area contributed by atoms with Crippen molar-refractivity contribution >= 4 is 23.1 Å². The van der Waals surface area contributed by atoms with E-state index >= 15 is 0 Å². The number of halogens is 1. The van der Waals surface area contributed by atoms with E-state index < -0.39 is 0 Å². The van der Waals surface area contributed by atoms with E-state index in [1.807, 2.05) is 0 Å². The minimum Gasteiger partial charge on any atom is -1.00 e. The summed E-state index contributed by atoms with van der Waals surface area (Å²) in [5.41, 5.74) is 3.91. The van der Waals surface area contributed by atoms with Gasteiger partial charge >= 0.3 is 23.1 Å². The van der Waals surface area contributed by atoms with Crippen LogP contribution in [0.1, 0.15) is 29.5 Å². The van der Waals surface area contributed by atoms with Crippen molar-refractivity contribution < 1.29 is 49.7 Å². The topological polar surface area (TPSA) is 0 Å². The van der Waals surface area contributed by atoms with Crippen LogP contribution in [-0.4, -0.2) is 23.1 Å². The SMILES string of the molecule is [Br-].[CH2-]CCCc1cc(C)[c-]c(C)c1.[Mg+2].[Y]. The molecule has 15 heavy (non-hydrogen) atoms. The van der Waals surface area contributed by atoms with Gasteiger partial charge in [0.2, 0.25) is 0 Å². The largest absolute Gasteiger partial charge is 2.00 e. The zero-order valence-corrected chi connectivity index (χ0v) is 15.5. The molecule has 0 N–H and O–H groups in total. The summed E-state index contributed by atoms with van der Waals surface area (Å²) in [6.07, 6.45) is 3.36. The number of hydrogen-bond acceptors (Lipinski definition) is 0. The minimum absolute atomic E-state index is 0. The van der Waals surface area contributed by atoms with Crippen molar-refractivity contribution in [1.82, 2.24) is 0 Å². The summed E-state index contributed by atoms with van der Waals surface area (Å²) < 4.78 is 0. The summed E-state index contributed by atoms with van der Waals surface area (Å²) in [5, 5.41) is 0. The molecule has 1 aromatic rings. The first-order valence-corrected chi connectivity index (χ1v) is 4.51. The van der Waals surface area contributed by atoms with E-state index in [9.17, 15) is 0 Å². The van der Waals surface area contributed by atoms with Gasteiger partial charge in [0.15, 0.2) is 0 Å². The van der Waals surface area contributed by atoms with Crippen molar-refractivity contribution in [3.05, 3.63) is 41.8 Å². The fraction of sp³-hybridized carbons (Fsp3) is 0.417. The Hall–Kier alpha value is 1.57. The van der Waals surface area contributed by atoms with E-state index in [1.165, 1.54) is 23.1 Å². The fourth-order valence-electron chi connectivity index (χ4n) is 1.45. The molecule has 0 nitrogen and oxygen atoms in total. The third kappa shape index (κ3) is 9.29. The molecule has 1 radical (unpaired) electrons. The van der Waals surface area contributed by atoms with Crippen molar-refractivity contribution in [2.45, 2.75) is 33.1 Å². The maximum Gasteiger partial charge on any atom is 2.00 e. The molecular weight excluding hydrogens is 337 g/mol. The van der Waals surface area contributed by atoms with Crippen molar-refractivity contribution in [3.63, 3.8) is 0 Å². The van der Waals surface area contributed by atoms with Crippen molar-refractivity contribution in [1.29, 1.82) is 0 Å². The predicted octanol–water partition coefficient (Wildman–Crippen LogP) is -0.119. The second-order valence-electron chi connectivity index (χ2n) is 3.31. The minimum atomic E-state index is 0. The monoisotopic (exact) mass is 352 g/mol. The molecule has 0 spiro atoms. The Kier molecular flexibility index (Phi) is 17.5. The van der Waals surface area contributed by atoms with Crippen LogP contribution >= 0.6 is 0 Å². The van der Waals surface area contributed by atoms with Crippen LogP contribution in [0.3, 0.4) is 0 Å². The summed E-state index contributed by atoms with van der Waals surface area (Å²) in [6.45, 7) is 8.03. The average Bonchev–Trinajstić information content (AvgIpc) is 1.99. The first-order chi connectivity index (χ1) is 5.72. The van der Waals surface area contributed by atoms with Gasteiger partial charge in [0, 0.05) is 32.7 Å². The van der Waals surface area contributed by atoms with Crippen molar-refractivity contribution in [2.75, 3.05) is 0 Å². The molecule has 3 heteroatoms. The molecule has 0 aliphatic rings. The number of unbranched alkanes of at least 4 members (excludes halogenated alkanes) is 1. The molecule has 0 saturated heterocycles. The van der Waals surface area contributed by atoms with Crippen LogP contribution in [0.25, 0.3) is 0 Å². The summed E-state index contributed by atoms with van der Waals surface area (Å²) in [7, 11) is 0. The van der Waals surface area contributed by atoms with Gasteiger partial charge in [-0.3, -0.25) is 0 Å². The number of hydrogen-bond donors (Lipinski definition) is 0. The molecule has 0 aliphatic carbocycles. The van der Waals surface area contributed by atoms with Crippen molar-refractivity contribution in [3.8, 4) is 0 Å². The Morgan fingerprint density at radius 3 is 2.07 bits per heavy atom. The van der Waals surface area contributed by atoms with Gasteiger partial charge < -0.3 is 23.9 Å². The van der Waals surface area contributed by atoms with Gasteiger partial charge in [0.05, 0.1) is 0 Å². The molecule has 0 heterocycles. The Morgan fingerprint density at radius 2 is 1.67 bits per heavy atom. The van der Waals surface area contributed by atoms with Gasteiger partial charge in [0.25, 0.3) is 0 Å². The molecule has 0 fully saturated rings. The number of benzene rings is 1. The molecule has 0 saturated carbocycles. The standard InChI is InChI=1S/C12H16.BrH.Mg.Y/c1-4-5-6-12-8-10(2)7-11(3)9-12;;;/h8-9H,1,4-6H2,2-3H3;1H;;/q-2;;+2;/p-1. The van der Waals surface area contributed by atoms with Gasteiger partial charge in [0.1, 0.15) is 0 Å². The first-order valence-electron chi connectivity index (χ1n) is 4.51. The summed E-state index contributed by atoms with van der Waals surface area (Å²) in [4.78, 5) is 0. The van der Waals surface area contributed by atoms with E-state index in [1.54, 1.807) is 0 Å². The van der Waals surface area contributed by atoms with Crippen LogP contribution in [0.5, 0.6) is 0 Å². The molecule has 0 aliphatic heterocycles. The Morgan fingerprint density at radius 1 is 1.20 bits per heavy atom. The van der Waals surface area contributed by atoms with Gasteiger partial charge in [-0.1, -0.05) is 26.7 Å². The molecular formula is C12H16BrMgY-. The Balaban J connectivity index is -0.000000480. The van der Waals surface area contributed by atoms with Gasteiger partial charge in [-0.2, -0.15) is 41.3 Å². The normalized spacial score (nSPS) is 8.20. The van der Waals surface area contributed by atoms with Gasteiger partial charge in [-0.25, -0.2) is 0 Å². The number of aryl methyl sites for hydroxylation is 3. The summed E-state index contributed by atoms with van der Waals surface area (Å²) >= 11 is 0. The first kappa shape index (κ1) is 21.8. The van der Waals surface area contributed by atoms with E-state index in [2.05, 4.69) is 39.0 Å². The zero-order chi connectivity index (χ0) is 8.97. The molecule has 0 amide bonds. The summed E-state index contributed by atoms with van der Waals surface area (Å²) in [6, 6.07) is 7.69. The van der Waals surface area contributed by atoms with Crippen LogP contribution in [0.15, 0.2) is 12.1 Å². The van der Waals surface area contributed by atoms with Crippen LogP contribution in [0, 0.1) is 26.8 Å². The third-order valence-corrected chi connectivity index (χ3v) is 1.91. The van der Waals surface area contributed by atoms with Gasteiger partial charge in [-0.15, -0.1) is 0 Å².